The summed E-state index contributed by atoms with van der Waals surface area (Å²) < 4.78 is 5.31. The lowest BCUT2D eigenvalue weighted by atomic mass is 9.90. The molecule has 1 aliphatic heterocycles. The maximum Gasteiger partial charge on any atom is 0.119 e. The van der Waals surface area contributed by atoms with Crippen molar-refractivity contribution in [1.82, 2.24) is 5.32 Å². The van der Waals surface area contributed by atoms with Gasteiger partial charge >= 0.3 is 0 Å². The van der Waals surface area contributed by atoms with Crippen molar-refractivity contribution in [3.63, 3.8) is 0 Å². The minimum Gasteiger partial charge on any atom is -0.508 e. The molecule has 2 aromatic carbocycles. The number of rotatable bonds is 3. The highest BCUT2D eigenvalue weighted by atomic mass is 16.5. The number of phenols is 2. The largest absolute Gasteiger partial charge is 0.508 e. The number of nitrogens with one attached hydrogen (secondary N) is 1. The Labute approximate surface area is 124 Å². The van der Waals surface area contributed by atoms with Gasteiger partial charge in [-0.1, -0.05) is 6.07 Å². The fraction of sp³-hybridized carbons (Fsp3) is 0.294. The molecule has 0 saturated carbocycles. The van der Waals surface area contributed by atoms with Crippen molar-refractivity contribution in [1.29, 1.82) is 0 Å². The molecule has 1 atom stereocenters. The molecule has 2 aromatic rings. The van der Waals surface area contributed by atoms with E-state index >= 15 is 0 Å². The van der Waals surface area contributed by atoms with Crippen LogP contribution in [0.3, 0.4) is 0 Å². The lowest BCUT2D eigenvalue weighted by Crippen LogP contribution is -2.31. The fourth-order valence-electron chi connectivity index (χ4n) is 2.94. The van der Waals surface area contributed by atoms with E-state index in [1.54, 1.807) is 19.2 Å². The van der Waals surface area contributed by atoms with Crippen molar-refractivity contribution >= 4 is 0 Å². The Morgan fingerprint density at radius 1 is 1.14 bits per heavy atom. The van der Waals surface area contributed by atoms with Gasteiger partial charge in [-0.25, -0.2) is 0 Å². The van der Waals surface area contributed by atoms with E-state index in [4.69, 9.17) is 4.74 Å². The van der Waals surface area contributed by atoms with Crippen molar-refractivity contribution < 1.29 is 14.9 Å². The van der Waals surface area contributed by atoms with E-state index in [0.29, 0.717) is 6.42 Å². The van der Waals surface area contributed by atoms with Crippen LogP contribution in [0, 0.1) is 0 Å². The summed E-state index contributed by atoms with van der Waals surface area (Å²) in [6, 6.07) is 11.0. The average Bonchev–Trinajstić information content (AvgIpc) is 2.46. The zero-order chi connectivity index (χ0) is 14.8. The molecule has 4 heteroatoms. The standard InChI is InChI=1S/C17H19NO3/c1-21-15-3-2-12-4-5-18-17(16(12)10-15)8-11-6-13(19)9-14(20)7-11/h2-3,6-7,9-10,17-20H,4-5,8H2,1H3. The van der Waals surface area contributed by atoms with Crippen LogP contribution in [0.4, 0.5) is 0 Å². The fourth-order valence-corrected chi connectivity index (χ4v) is 2.94. The number of benzene rings is 2. The van der Waals surface area contributed by atoms with Crippen LogP contribution < -0.4 is 10.1 Å². The maximum atomic E-state index is 9.60. The summed E-state index contributed by atoms with van der Waals surface area (Å²) in [5, 5.41) is 22.7. The molecule has 4 nitrogen and oxygen atoms in total. The first-order valence-electron chi connectivity index (χ1n) is 7.08. The van der Waals surface area contributed by atoms with Crippen LogP contribution in [0.15, 0.2) is 36.4 Å². The minimum atomic E-state index is 0.0895. The normalized spacial score (nSPS) is 17.3. The predicted octanol–water partition coefficient (Wildman–Crippen LogP) is 2.54. The molecule has 0 radical (unpaired) electrons. The number of hydrogen-bond donors (Lipinski definition) is 3. The number of hydrogen-bond acceptors (Lipinski definition) is 4. The van der Waals surface area contributed by atoms with Gasteiger partial charge in [0.1, 0.15) is 17.2 Å². The molecule has 1 heterocycles. The molecule has 21 heavy (non-hydrogen) atoms. The maximum absolute atomic E-state index is 9.60. The second-order valence-electron chi connectivity index (χ2n) is 5.38. The monoisotopic (exact) mass is 285 g/mol. The highest BCUT2D eigenvalue weighted by molar-refractivity contribution is 5.42. The molecule has 1 aliphatic rings. The van der Waals surface area contributed by atoms with Crippen molar-refractivity contribution in [2.45, 2.75) is 18.9 Å². The Balaban J connectivity index is 1.90. The summed E-state index contributed by atoms with van der Waals surface area (Å²) in [5.74, 6) is 1.03. The molecule has 0 aliphatic carbocycles. The van der Waals surface area contributed by atoms with Gasteiger partial charge in [0, 0.05) is 12.1 Å². The van der Waals surface area contributed by atoms with E-state index in [1.165, 1.54) is 17.2 Å². The summed E-state index contributed by atoms with van der Waals surface area (Å²) in [4.78, 5) is 0. The van der Waals surface area contributed by atoms with Crippen molar-refractivity contribution in [3.8, 4) is 17.2 Å². The minimum absolute atomic E-state index is 0.0895. The number of fused-ring (bicyclic) bond motifs is 1. The van der Waals surface area contributed by atoms with E-state index in [1.807, 2.05) is 6.07 Å². The van der Waals surface area contributed by atoms with Crippen molar-refractivity contribution in [2.75, 3.05) is 13.7 Å². The molecule has 0 aromatic heterocycles. The van der Waals surface area contributed by atoms with E-state index in [9.17, 15) is 10.2 Å². The molecule has 0 spiro atoms. The molecule has 3 rings (SSSR count). The van der Waals surface area contributed by atoms with E-state index in [-0.39, 0.29) is 17.5 Å². The second kappa shape index (κ2) is 5.66. The van der Waals surface area contributed by atoms with E-state index in [0.717, 1.165) is 24.3 Å². The quantitative estimate of drug-likeness (QED) is 0.811. The van der Waals surface area contributed by atoms with Gasteiger partial charge in [0.05, 0.1) is 7.11 Å². The number of aromatic hydroxyl groups is 2. The molecule has 110 valence electrons. The van der Waals surface area contributed by atoms with Gasteiger partial charge in [0.15, 0.2) is 0 Å². The summed E-state index contributed by atoms with van der Waals surface area (Å²) >= 11 is 0. The van der Waals surface area contributed by atoms with Crippen molar-refractivity contribution in [3.05, 3.63) is 53.1 Å². The van der Waals surface area contributed by atoms with Gasteiger partial charge in [-0.15, -0.1) is 0 Å². The first-order chi connectivity index (χ1) is 10.2. The molecule has 3 N–H and O–H groups in total. The molecule has 0 fully saturated rings. The SMILES string of the molecule is COc1ccc2c(c1)C(Cc1cc(O)cc(O)c1)NCC2. The van der Waals surface area contributed by atoms with Gasteiger partial charge in [0.25, 0.3) is 0 Å². The smallest absolute Gasteiger partial charge is 0.119 e. The van der Waals surface area contributed by atoms with Gasteiger partial charge in [-0.3, -0.25) is 0 Å². The van der Waals surface area contributed by atoms with E-state index in [2.05, 4.69) is 17.4 Å². The second-order valence-corrected chi connectivity index (χ2v) is 5.38. The number of ether oxygens (including phenoxy) is 1. The first-order valence-corrected chi connectivity index (χ1v) is 7.08. The third kappa shape index (κ3) is 2.95. The number of phenolic OH excluding ortho intramolecular Hbond substituents is 2. The van der Waals surface area contributed by atoms with Crippen LogP contribution in [0.1, 0.15) is 22.7 Å². The molecule has 1 unspecified atom stereocenters. The van der Waals surface area contributed by atoms with Crippen LogP contribution in [0.2, 0.25) is 0 Å². The van der Waals surface area contributed by atoms with Gasteiger partial charge in [-0.2, -0.15) is 0 Å². The highest BCUT2D eigenvalue weighted by Crippen LogP contribution is 2.31. The zero-order valence-corrected chi connectivity index (χ0v) is 12.0. The van der Waals surface area contributed by atoms with Gasteiger partial charge in [0.2, 0.25) is 0 Å². The zero-order valence-electron chi connectivity index (χ0n) is 12.0. The average molecular weight is 285 g/mol. The van der Waals surface area contributed by atoms with Crippen LogP contribution in [-0.4, -0.2) is 23.9 Å². The van der Waals surface area contributed by atoms with E-state index < -0.39 is 0 Å². The third-order valence-electron chi connectivity index (χ3n) is 3.92. The first kappa shape index (κ1) is 13.8. The van der Waals surface area contributed by atoms with Crippen LogP contribution in [0.25, 0.3) is 0 Å². The molecule has 0 amide bonds. The third-order valence-corrected chi connectivity index (χ3v) is 3.92. The molecule has 0 saturated heterocycles. The Morgan fingerprint density at radius 3 is 2.62 bits per heavy atom. The molecular weight excluding hydrogens is 266 g/mol. The number of methoxy groups -OCH3 is 1. The topological polar surface area (TPSA) is 61.7 Å². The lowest BCUT2D eigenvalue weighted by molar-refractivity contribution is 0.410. The Bertz CT molecular complexity index is 634. The molecule has 0 bridgehead atoms. The summed E-state index contributed by atoms with van der Waals surface area (Å²) in [6.07, 6.45) is 1.71. The molecular formula is C17H19NO3. The van der Waals surface area contributed by atoms with Crippen LogP contribution in [0.5, 0.6) is 17.2 Å². The highest BCUT2D eigenvalue weighted by Gasteiger charge is 2.21. The lowest BCUT2D eigenvalue weighted by Gasteiger charge is -2.27. The van der Waals surface area contributed by atoms with Gasteiger partial charge in [-0.05, 0) is 60.3 Å². The van der Waals surface area contributed by atoms with Crippen LogP contribution in [-0.2, 0) is 12.8 Å². The Kier molecular flexibility index (Phi) is 3.71. The Morgan fingerprint density at radius 2 is 1.90 bits per heavy atom. The summed E-state index contributed by atoms with van der Waals surface area (Å²) in [5.41, 5.74) is 3.45. The summed E-state index contributed by atoms with van der Waals surface area (Å²) in [7, 11) is 1.67. The van der Waals surface area contributed by atoms with Gasteiger partial charge < -0.3 is 20.3 Å². The Hall–Kier alpha value is -2.20. The summed E-state index contributed by atoms with van der Waals surface area (Å²) in [6.45, 7) is 0.925. The van der Waals surface area contributed by atoms with Crippen molar-refractivity contribution in [2.24, 2.45) is 0 Å². The van der Waals surface area contributed by atoms with Crippen LogP contribution >= 0.6 is 0 Å². The predicted molar refractivity (Wildman–Crippen MR) is 80.9 cm³/mol.